The summed E-state index contributed by atoms with van der Waals surface area (Å²) in [6.07, 6.45) is -5.46. The molecule has 0 bridgehead atoms. The van der Waals surface area contributed by atoms with Gasteiger partial charge in [0.2, 0.25) is 10.0 Å². The molecule has 0 fully saturated rings. The molecule has 1 heterocycles. The Morgan fingerprint density at radius 2 is 1.88 bits per heavy atom. The van der Waals surface area contributed by atoms with Gasteiger partial charge in [0.05, 0.1) is 11.0 Å². The largest absolute Gasteiger partial charge is 0.573 e. The summed E-state index contributed by atoms with van der Waals surface area (Å²) in [6.45, 7) is -0.0137. The summed E-state index contributed by atoms with van der Waals surface area (Å²) in [5, 5.41) is 13.4. The highest BCUT2D eigenvalue weighted by atomic mass is 32.2. The molecule has 2 aromatic rings. The van der Waals surface area contributed by atoms with Gasteiger partial charge in [-0.3, -0.25) is 0 Å². The van der Waals surface area contributed by atoms with Crippen molar-refractivity contribution in [3.05, 3.63) is 46.7 Å². The fraction of sp³-hybridized carbons (Fsp3) is 0.286. The number of hydrogen-bond acceptors (Lipinski definition) is 5. The van der Waals surface area contributed by atoms with Crippen molar-refractivity contribution in [2.75, 3.05) is 6.54 Å². The van der Waals surface area contributed by atoms with Crippen LogP contribution in [0.5, 0.6) is 5.75 Å². The van der Waals surface area contributed by atoms with E-state index in [-0.39, 0.29) is 17.9 Å². The van der Waals surface area contributed by atoms with Gasteiger partial charge < -0.3 is 9.84 Å². The molecule has 1 aromatic heterocycles. The van der Waals surface area contributed by atoms with Crippen LogP contribution < -0.4 is 9.46 Å². The molecule has 0 saturated carbocycles. The van der Waals surface area contributed by atoms with Crippen LogP contribution in [-0.4, -0.2) is 26.4 Å². The van der Waals surface area contributed by atoms with Crippen molar-refractivity contribution in [1.29, 1.82) is 0 Å². The molecular formula is C14H14F3NO4S2. The quantitative estimate of drug-likeness (QED) is 0.773. The predicted octanol–water partition coefficient (Wildman–Crippen LogP) is 3.05. The predicted molar refractivity (Wildman–Crippen MR) is 82.2 cm³/mol. The lowest BCUT2D eigenvalue weighted by Crippen LogP contribution is -2.26. The van der Waals surface area contributed by atoms with Crippen molar-refractivity contribution in [1.82, 2.24) is 4.72 Å². The first-order valence-corrected chi connectivity index (χ1v) is 9.15. The fourth-order valence-electron chi connectivity index (χ4n) is 1.87. The third-order valence-corrected chi connectivity index (χ3v) is 5.18. The van der Waals surface area contributed by atoms with E-state index in [1.165, 1.54) is 11.3 Å². The maximum Gasteiger partial charge on any atom is 0.573 e. The average molecular weight is 381 g/mol. The van der Waals surface area contributed by atoms with Crippen molar-refractivity contribution >= 4 is 21.4 Å². The number of alkyl halides is 3. The van der Waals surface area contributed by atoms with Gasteiger partial charge in [-0.05, 0) is 53.1 Å². The number of hydrogen-bond donors (Lipinski definition) is 2. The summed E-state index contributed by atoms with van der Waals surface area (Å²) in [5.74, 6) is -0.505. The van der Waals surface area contributed by atoms with Gasteiger partial charge in [-0.1, -0.05) is 0 Å². The molecule has 1 atom stereocenters. The number of aliphatic hydroxyl groups is 1. The molecule has 0 saturated heterocycles. The van der Waals surface area contributed by atoms with Crippen LogP contribution in [0.15, 0.2) is 46.0 Å². The molecule has 2 N–H and O–H groups in total. The number of benzene rings is 1. The Morgan fingerprint density at radius 1 is 1.21 bits per heavy atom. The zero-order valence-electron chi connectivity index (χ0n) is 12.2. The Kier molecular flexibility index (Phi) is 5.86. The second-order valence-corrected chi connectivity index (χ2v) is 7.33. The van der Waals surface area contributed by atoms with E-state index in [2.05, 4.69) is 9.46 Å². The summed E-state index contributed by atoms with van der Waals surface area (Å²) < 4.78 is 66.2. The Hall–Kier alpha value is -1.62. The highest BCUT2D eigenvalue weighted by Gasteiger charge is 2.31. The molecule has 10 heteroatoms. The number of halogens is 3. The molecule has 0 radical (unpaired) electrons. The first kappa shape index (κ1) is 18.7. The van der Waals surface area contributed by atoms with Gasteiger partial charge in [-0.2, -0.15) is 11.3 Å². The summed E-state index contributed by atoms with van der Waals surface area (Å²) in [4.78, 5) is -0.193. The first-order valence-electron chi connectivity index (χ1n) is 6.73. The summed E-state index contributed by atoms with van der Waals surface area (Å²) >= 11 is 1.42. The van der Waals surface area contributed by atoms with E-state index in [9.17, 15) is 26.7 Å². The van der Waals surface area contributed by atoms with Crippen molar-refractivity contribution in [3.8, 4) is 5.75 Å². The van der Waals surface area contributed by atoms with Gasteiger partial charge in [-0.25, -0.2) is 13.1 Å². The topological polar surface area (TPSA) is 75.6 Å². The monoisotopic (exact) mass is 381 g/mol. The first-order chi connectivity index (χ1) is 11.2. The SMILES string of the molecule is O=S(=O)(NCCC(O)c1ccsc1)c1ccc(OC(F)(F)F)cc1. The second kappa shape index (κ2) is 7.51. The van der Waals surface area contributed by atoms with Crippen LogP contribution in [0.3, 0.4) is 0 Å². The maximum absolute atomic E-state index is 12.1. The Balaban J connectivity index is 1.92. The molecule has 5 nitrogen and oxygen atoms in total. The Labute approximate surface area is 140 Å². The van der Waals surface area contributed by atoms with Gasteiger partial charge in [0, 0.05) is 6.54 Å². The zero-order valence-corrected chi connectivity index (χ0v) is 13.8. The van der Waals surface area contributed by atoms with E-state index in [0.29, 0.717) is 5.56 Å². The smallest absolute Gasteiger partial charge is 0.406 e. The lowest BCUT2D eigenvalue weighted by molar-refractivity contribution is -0.274. The van der Waals surface area contributed by atoms with Crippen LogP contribution in [0.25, 0.3) is 0 Å². The van der Waals surface area contributed by atoms with Crippen molar-refractivity contribution < 1.29 is 31.4 Å². The molecular weight excluding hydrogens is 367 g/mol. The molecule has 0 aliphatic heterocycles. The minimum Gasteiger partial charge on any atom is -0.406 e. The number of rotatable bonds is 7. The lowest BCUT2D eigenvalue weighted by atomic mass is 10.1. The number of nitrogens with one attached hydrogen (secondary N) is 1. The molecule has 0 amide bonds. The van der Waals surface area contributed by atoms with E-state index in [4.69, 9.17) is 0 Å². The summed E-state index contributed by atoms with van der Waals surface area (Å²) in [6, 6.07) is 5.60. The Morgan fingerprint density at radius 3 is 2.42 bits per heavy atom. The molecule has 1 aromatic carbocycles. The van der Waals surface area contributed by atoms with E-state index < -0.39 is 28.2 Å². The molecule has 0 spiro atoms. The van der Waals surface area contributed by atoms with Crippen LogP contribution in [0.4, 0.5) is 13.2 Å². The van der Waals surface area contributed by atoms with Gasteiger partial charge in [0.15, 0.2) is 0 Å². The molecule has 0 aliphatic carbocycles. The molecule has 1 unspecified atom stereocenters. The lowest BCUT2D eigenvalue weighted by Gasteiger charge is -2.11. The van der Waals surface area contributed by atoms with Crippen molar-refractivity contribution in [2.24, 2.45) is 0 Å². The van der Waals surface area contributed by atoms with Crippen LogP contribution in [0.2, 0.25) is 0 Å². The van der Waals surface area contributed by atoms with Gasteiger partial charge >= 0.3 is 6.36 Å². The van der Waals surface area contributed by atoms with Crippen LogP contribution >= 0.6 is 11.3 Å². The third-order valence-electron chi connectivity index (χ3n) is 3.01. The number of ether oxygens (including phenoxy) is 1. The standard InChI is InChI=1S/C14H14F3NO4S2/c15-14(16,17)22-11-1-3-12(4-2-11)24(20,21)18-7-5-13(19)10-6-8-23-9-10/h1-4,6,8-9,13,18-19H,5,7H2. The van der Waals surface area contributed by atoms with Gasteiger partial charge in [0.25, 0.3) is 0 Å². The minimum atomic E-state index is -4.84. The van der Waals surface area contributed by atoms with Gasteiger partial charge in [0.1, 0.15) is 5.75 Å². The zero-order chi connectivity index (χ0) is 17.8. The molecule has 0 aliphatic rings. The minimum absolute atomic E-state index is 0.0137. The fourth-order valence-corrected chi connectivity index (χ4v) is 3.62. The van der Waals surface area contributed by atoms with Crippen molar-refractivity contribution in [3.63, 3.8) is 0 Å². The average Bonchev–Trinajstić information content (AvgIpc) is 3.00. The van der Waals surface area contributed by atoms with Crippen LogP contribution in [0.1, 0.15) is 18.1 Å². The normalized spacial score (nSPS) is 13.7. The number of aliphatic hydroxyl groups excluding tert-OH is 1. The number of thiophene rings is 1. The molecule has 24 heavy (non-hydrogen) atoms. The Bertz CT molecular complexity index is 743. The van der Waals surface area contributed by atoms with E-state index in [1.807, 2.05) is 0 Å². The third kappa shape index (κ3) is 5.48. The molecule has 2 rings (SSSR count). The van der Waals surface area contributed by atoms with Crippen LogP contribution in [-0.2, 0) is 10.0 Å². The highest BCUT2D eigenvalue weighted by molar-refractivity contribution is 7.89. The van der Waals surface area contributed by atoms with E-state index >= 15 is 0 Å². The van der Waals surface area contributed by atoms with E-state index in [1.54, 1.807) is 16.8 Å². The second-order valence-electron chi connectivity index (χ2n) is 4.78. The number of sulfonamides is 1. The van der Waals surface area contributed by atoms with Gasteiger partial charge in [-0.15, -0.1) is 13.2 Å². The highest BCUT2D eigenvalue weighted by Crippen LogP contribution is 2.24. The maximum atomic E-state index is 12.1. The van der Waals surface area contributed by atoms with E-state index in [0.717, 1.165) is 24.3 Å². The summed E-state index contributed by atoms with van der Waals surface area (Å²) in [7, 11) is -3.88. The molecule has 132 valence electrons. The van der Waals surface area contributed by atoms with Crippen LogP contribution in [0, 0.1) is 0 Å². The summed E-state index contributed by atoms with van der Waals surface area (Å²) in [5.41, 5.74) is 0.702. The van der Waals surface area contributed by atoms with Crippen molar-refractivity contribution in [2.45, 2.75) is 23.8 Å².